The third-order valence-corrected chi connectivity index (χ3v) is 4.54. The maximum atomic E-state index is 13.0. The zero-order chi connectivity index (χ0) is 19.3. The summed E-state index contributed by atoms with van der Waals surface area (Å²) in [5.41, 5.74) is 2.77. The second-order valence-corrected chi connectivity index (χ2v) is 6.53. The first-order valence-corrected chi connectivity index (χ1v) is 9.14. The minimum absolute atomic E-state index is 0.286. The number of benzene rings is 3. The lowest BCUT2D eigenvalue weighted by molar-refractivity contribution is -0.122. The molecule has 28 heavy (non-hydrogen) atoms. The quantitative estimate of drug-likeness (QED) is 0.460. The lowest BCUT2D eigenvalue weighted by Gasteiger charge is -2.12. The number of aliphatic imine (C=N–C) groups is 1. The van der Waals surface area contributed by atoms with Gasteiger partial charge in [-0.2, -0.15) is 10.1 Å². The highest BCUT2D eigenvalue weighted by Crippen LogP contribution is 2.23. The predicted molar refractivity (Wildman–Crippen MR) is 113 cm³/mol. The molecule has 0 radical (unpaired) electrons. The molecule has 0 saturated carbocycles. The topological polar surface area (TPSA) is 45.0 Å². The first-order valence-electron chi connectivity index (χ1n) is 8.76. The van der Waals surface area contributed by atoms with Gasteiger partial charge in [-0.3, -0.25) is 4.79 Å². The van der Waals surface area contributed by atoms with Crippen LogP contribution in [0.25, 0.3) is 6.08 Å². The van der Waals surface area contributed by atoms with E-state index in [0.29, 0.717) is 16.6 Å². The Balaban J connectivity index is 1.74. The van der Waals surface area contributed by atoms with E-state index in [-0.39, 0.29) is 5.91 Å². The van der Waals surface area contributed by atoms with Crippen LogP contribution >= 0.6 is 11.6 Å². The molecule has 0 bridgehead atoms. The van der Waals surface area contributed by atoms with Gasteiger partial charge in [-0.15, -0.1) is 0 Å². The van der Waals surface area contributed by atoms with Gasteiger partial charge in [0.25, 0.3) is 5.91 Å². The number of amidine groups is 1. The SMILES string of the molecule is O=C1/C(=C\c2ccccc2)N=C(c2ccccc2)N1/N=C/c1ccccc1Cl. The lowest BCUT2D eigenvalue weighted by Crippen LogP contribution is -2.27. The molecule has 4 nitrogen and oxygen atoms in total. The van der Waals surface area contributed by atoms with Crippen molar-refractivity contribution in [2.75, 3.05) is 0 Å². The van der Waals surface area contributed by atoms with Crippen LogP contribution in [0.15, 0.2) is 101 Å². The molecule has 1 aliphatic rings. The Morgan fingerprint density at radius 1 is 0.857 bits per heavy atom. The molecule has 1 amide bonds. The van der Waals surface area contributed by atoms with Gasteiger partial charge >= 0.3 is 0 Å². The zero-order valence-electron chi connectivity index (χ0n) is 14.9. The van der Waals surface area contributed by atoms with Gasteiger partial charge in [0.05, 0.1) is 6.21 Å². The highest BCUT2D eigenvalue weighted by molar-refractivity contribution is 6.33. The second-order valence-electron chi connectivity index (χ2n) is 6.12. The molecule has 0 N–H and O–H groups in total. The number of rotatable bonds is 4. The standard InChI is InChI=1S/C23H16ClN3O/c24-20-14-8-7-13-19(20)16-25-27-22(18-11-5-2-6-12-18)26-21(23(27)28)15-17-9-3-1-4-10-17/h1-16H/b21-15+,25-16+. The number of carbonyl (C=O) groups excluding carboxylic acids is 1. The number of amides is 1. The summed E-state index contributed by atoms with van der Waals surface area (Å²) in [6, 6.07) is 26.5. The Hall–Kier alpha value is -3.50. The zero-order valence-corrected chi connectivity index (χ0v) is 15.6. The molecular weight excluding hydrogens is 370 g/mol. The highest BCUT2D eigenvalue weighted by atomic mass is 35.5. The molecule has 3 aromatic carbocycles. The molecule has 0 spiro atoms. The third-order valence-electron chi connectivity index (χ3n) is 4.19. The summed E-state index contributed by atoms with van der Waals surface area (Å²) < 4.78 is 0. The molecule has 0 saturated heterocycles. The van der Waals surface area contributed by atoms with Crippen molar-refractivity contribution in [3.8, 4) is 0 Å². The van der Waals surface area contributed by atoms with E-state index in [1.807, 2.05) is 78.9 Å². The minimum atomic E-state index is -0.286. The predicted octanol–water partition coefficient (Wildman–Crippen LogP) is 5.00. The summed E-state index contributed by atoms with van der Waals surface area (Å²) in [4.78, 5) is 17.6. The molecule has 0 aliphatic carbocycles. The van der Waals surface area contributed by atoms with Crippen molar-refractivity contribution in [1.82, 2.24) is 5.01 Å². The fourth-order valence-corrected chi connectivity index (χ4v) is 2.98. The van der Waals surface area contributed by atoms with E-state index in [1.54, 1.807) is 18.4 Å². The number of carbonyl (C=O) groups is 1. The Morgan fingerprint density at radius 2 is 1.50 bits per heavy atom. The van der Waals surface area contributed by atoms with Crippen LogP contribution < -0.4 is 0 Å². The molecule has 4 rings (SSSR count). The van der Waals surface area contributed by atoms with Crippen molar-refractivity contribution in [1.29, 1.82) is 0 Å². The third kappa shape index (κ3) is 3.77. The lowest BCUT2D eigenvalue weighted by atomic mass is 10.2. The number of nitrogens with zero attached hydrogens (tertiary/aromatic N) is 3. The van der Waals surface area contributed by atoms with Gasteiger partial charge in [-0.25, -0.2) is 4.99 Å². The molecule has 3 aromatic rings. The molecule has 0 atom stereocenters. The number of hydrogen-bond donors (Lipinski definition) is 0. The Kier molecular flexibility index (Phi) is 5.13. The van der Waals surface area contributed by atoms with Gasteiger partial charge in [0, 0.05) is 16.1 Å². The van der Waals surface area contributed by atoms with Crippen LogP contribution in [0.4, 0.5) is 0 Å². The summed E-state index contributed by atoms with van der Waals surface area (Å²) in [7, 11) is 0. The Morgan fingerprint density at radius 3 is 2.21 bits per heavy atom. The van der Waals surface area contributed by atoms with Crippen LogP contribution in [-0.4, -0.2) is 23.0 Å². The summed E-state index contributed by atoms with van der Waals surface area (Å²) in [6.45, 7) is 0. The van der Waals surface area contributed by atoms with E-state index in [1.165, 1.54) is 5.01 Å². The van der Waals surface area contributed by atoms with Crippen molar-refractivity contribution >= 4 is 35.6 Å². The summed E-state index contributed by atoms with van der Waals surface area (Å²) >= 11 is 6.20. The van der Waals surface area contributed by atoms with Crippen LogP contribution in [0.2, 0.25) is 5.02 Å². The maximum absolute atomic E-state index is 13.0. The van der Waals surface area contributed by atoms with Gasteiger partial charge in [0.1, 0.15) is 5.70 Å². The molecule has 0 fully saturated rings. The van der Waals surface area contributed by atoms with Gasteiger partial charge in [0.2, 0.25) is 0 Å². The fraction of sp³-hybridized carbons (Fsp3) is 0. The summed E-state index contributed by atoms with van der Waals surface area (Å²) in [5, 5.41) is 6.27. The molecule has 136 valence electrons. The Labute approximate surface area is 168 Å². The molecule has 1 aliphatic heterocycles. The summed E-state index contributed by atoms with van der Waals surface area (Å²) in [6.07, 6.45) is 3.33. The van der Waals surface area contributed by atoms with Crippen LogP contribution in [0.5, 0.6) is 0 Å². The van der Waals surface area contributed by atoms with Crippen LogP contribution in [-0.2, 0) is 4.79 Å². The molecular formula is C23H16ClN3O. The maximum Gasteiger partial charge on any atom is 0.298 e. The van der Waals surface area contributed by atoms with Crippen LogP contribution in [0, 0.1) is 0 Å². The normalized spacial score (nSPS) is 15.5. The number of halogens is 1. The van der Waals surface area contributed by atoms with Gasteiger partial charge in [0.15, 0.2) is 5.84 Å². The van der Waals surface area contributed by atoms with Gasteiger partial charge in [-0.1, -0.05) is 90.5 Å². The van der Waals surface area contributed by atoms with E-state index in [0.717, 1.165) is 16.7 Å². The first-order chi connectivity index (χ1) is 13.7. The van der Waals surface area contributed by atoms with E-state index >= 15 is 0 Å². The number of hydrazone groups is 1. The Bertz CT molecular complexity index is 1090. The number of hydrogen-bond acceptors (Lipinski definition) is 3. The van der Waals surface area contributed by atoms with Crippen molar-refractivity contribution < 1.29 is 4.79 Å². The molecule has 5 heteroatoms. The minimum Gasteiger partial charge on any atom is -0.265 e. The average Bonchev–Trinajstić information content (AvgIpc) is 3.04. The van der Waals surface area contributed by atoms with E-state index in [4.69, 9.17) is 11.6 Å². The monoisotopic (exact) mass is 385 g/mol. The van der Waals surface area contributed by atoms with E-state index in [9.17, 15) is 4.79 Å². The second kappa shape index (κ2) is 8.03. The van der Waals surface area contributed by atoms with Crippen molar-refractivity contribution in [3.63, 3.8) is 0 Å². The van der Waals surface area contributed by atoms with Gasteiger partial charge in [-0.05, 0) is 17.7 Å². The molecule has 1 heterocycles. The average molecular weight is 386 g/mol. The van der Waals surface area contributed by atoms with E-state index < -0.39 is 0 Å². The first kappa shape index (κ1) is 17.9. The highest BCUT2D eigenvalue weighted by Gasteiger charge is 2.31. The van der Waals surface area contributed by atoms with Crippen molar-refractivity contribution in [2.45, 2.75) is 0 Å². The van der Waals surface area contributed by atoms with Crippen molar-refractivity contribution in [2.24, 2.45) is 10.1 Å². The fourth-order valence-electron chi connectivity index (χ4n) is 2.80. The van der Waals surface area contributed by atoms with Crippen LogP contribution in [0.1, 0.15) is 16.7 Å². The van der Waals surface area contributed by atoms with Gasteiger partial charge < -0.3 is 0 Å². The molecule has 0 aromatic heterocycles. The smallest absolute Gasteiger partial charge is 0.265 e. The van der Waals surface area contributed by atoms with Crippen molar-refractivity contribution in [3.05, 3.63) is 112 Å². The largest absolute Gasteiger partial charge is 0.298 e. The van der Waals surface area contributed by atoms with E-state index in [2.05, 4.69) is 10.1 Å². The van der Waals surface area contributed by atoms with Crippen LogP contribution in [0.3, 0.4) is 0 Å². The molecule has 0 unspecified atom stereocenters. The summed E-state index contributed by atoms with van der Waals surface area (Å²) in [5.74, 6) is 0.196.